The normalized spacial score (nSPS) is 8.82. The Morgan fingerprint density at radius 1 is 0.529 bits per heavy atom. The fraction of sp³-hybridized carbons (Fsp3) is 1.00. The molecule has 0 amide bonds. The van der Waals surface area contributed by atoms with Crippen LogP contribution in [0.25, 0.3) is 0 Å². The molecule has 17 heavy (non-hydrogen) atoms. The molecule has 5 heteroatoms. The maximum Gasteiger partial charge on any atom is 0.0739 e. The predicted molar refractivity (Wildman–Crippen MR) is 64.6 cm³/mol. The topological polar surface area (TPSA) is 27.6 Å². The second kappa shape index (κ2) is 25.8. The van der Waals surface area contributed by atoms with Crippen molar-refractivity contribution in [3.05, 3.63) is 0 Å². The van der Waals surface area contributed by atoms with Crippen molar-refractivity contribution in [2.24, 2.45) is 0 Å². The Bertz CT molecular complexity index is 92.5. The van der Waals surface area contributed by atoms with E-state index in [0.717, 1.165) is 12.4 Å². The summed E-state index contributed by atoms with van der Waals surface area (Å²) in [6.07, 6.45) is 13.7. The monoisotopic (exact) mass is 325 g/mol. The van der Waals surface area contributed by atoms with Gasteiger partial charge in [0.15, 0.2) is 0 Å². The number of halogens is 4. The van der Waals surface area contributed by atoms with Crippen LogP contribution in [0, 0.1) is 0 Å². The van der Waals surface area contributed by atoms with Crippen LogP contribution in [0.1, 0.15) is 64.2 Å². The fourth-order valence-corrected chi connectivity index (χ4v) is 1.87. The van der Waals surface area contributed by atoms with Gasteiger partial charge >= 0.3 is 0 Å². The molecule has 0 aromatic heterocycles. The van der Waals surface area contributed by atoms with E-state index in [1.54, 1.807) is 0 Å². The molecule has 0 aliphatic carbocycles. The lowest BCUT2D eigenvalue weighted by Gasteiger charge is -2.00. The lowest BCUT2D eigenvalue weighted by atomic mass is 10.1. The first kappa shape index (κ1) is 26.6. The molecule has 0 radical (unpaired) electrons. The van der Waals surface area contributed by atoms with Crippen LogP contribution >= 0.6 is 11.6 Å². The smallest absolute Gasteiger partial charge is 0.0739 e. The van der Waals surface area contributed by atoms with Crippen LogP contribution in [-0.4, -0.2) is 12.4 Å². The van der Waals surface area contributed by atoms with Gasteiger partial charge in [-0.1, -0.05) is 44.9 Å². The summed E-state index contributed by atoms with van der Waals surface area (Å²) >= 11 is 5.61. The lowest BCUT2D eigenvalue weighted by molar-refractivity contribution is -0.368. The molecule has 0 aromatic carbocycles. The van der Waals surface area contributed by atoms with Crippen LogP contribution in [-0.2, 0) is 0 Å². The first-order valence-corrected chi connectivity index (χ1v) is 6.80. The van der Waals surface area contributed by atoms with Crippen molar-refractivity contribution in [2.45, 2.75) is 64.2 Å². The lowest BCUT2D eigenvalue weighted by Crippen LogP contribution is -3.00. The third-order valence-corrected chi connectivity index (χ3v) is 2.90. The van der Waals surface area contributed by atoms with E-state index in [0.29, 0.717) is 0 Å². The number of hydrogen-bond donors (Lipinski definition) is 1. The Kier molecular flexibility index (Phi) is 40.5. The molecule has 0 spiro atoms. The minimum Gasteiger partial charge on any atom is -1.00 e. The highest BCUT2D eigenvalue weighted by molar-refractivity contribution is 6.17. The Labute approximate surface area is 131 Å². The highest BCUT2D eigenvalue weighted by Crippen LogP contribution is 2.10. The molecular weight excluding hydrogens is 300 g/mol. The maximum atomic E-state index is 5.61. The number of quaternary nitrogens is 1. The molecule has 0 unspecified atom stereocenters. The van der Waals surface area contributed by atoms with Gasteiger partial charge in [-0.3, -0.25) is 0 Å². The molecule has 0 heterocycles. The van der Waals surface area contributed by atoms with Crippen LogP contribution in [0.15, 0.2) is 0 Å². The summed E-state index contributed by atoms with van der Waals surface area (Å²) in [5.41, 5.74) is 3.85. The average molecular weight is 327 g/mol. The van der Waals surface area contributed by atoms with Crippen molar-refractivity contribution in [1.29, 1.82) is 0 Å². The first-order valence-electron chi connectivity index (χ1n) is 6.27. The van der Waals surface area contributed by atoms with Crippen molar-refractivity contribution < 1.29 is 43.0 Å². The molecule has 0 rings (SSSR count). The Morgan fingerprint density at radius 2 is 0.824 bits per heavy atom. The summed E-state index contributed by atoms with van der Waals surface area (Å²) < 4.78 is 0. The minimum atomic E-state index is 0. The van der Waals surface area contributed by atoms with Gasteiger partial charge < -0.3 is 43.0 Å². The van der Waals surface area contributed by atoms with Crippen molar-refractivity contribution in [1.82, 2.24) is 0 Å². The van der Waals surface area contributed by atoms with E-state index in [-0.39, 0.29) is 37.2 Å². The summed E-state index contributed by atoms with van der Waals surface area (Å²) in [6.45, 7) is 1.11. The molecule has 0 aromatic rings. The summed E-state index contributed by atoms with van der Waals surface area (Å²) in [4.78, 5) is 0. The van der Waals surface area contributed by atoms with Gasteiger partial charge in [0.05, 0.1) is 6.54 Å². The van der Waals surface area contributed by atoms with Gasteiger partial charge in [0, 0.05) is 5.88 Å². The van der Waals surface area contributed by atoms with Gasteiger partial charge in [-0.2, -0.15) is 0 Å². The quantitative estimate of drug-likeness (QED) is 0.290. The van der Waals surface area contributed by atoms with Crippen molar-refractivity contribution in [3.8, 4) is 0 Å². The molecule has 110 valence electrons. The molecule has 0 aliphatic rings. The van der Waals surface area contributed by atoms with Crippen molar-refractivity contribution >= 4 is 11.6 Å². The molecule has 1 nitrogen and oxygen atoms in total. The van der Waals surface area contributed by atoms with Crippen LogP contribution < -0.4 is 43.0 Å². The molecule has 0 aliphatic heterocycles. The van der Waals surface area contributed by atoms with Crippen LogP contribution in [0.4, 0.5) is 0 Å². The second-order valence-electron chi connectivity index (χ2n) is 4.08. The third kappa shape index (κ3) is 26.6. The molecule has 0 fully saturated rings. The van der Waals surface area contributed by atoms with E-state index in [9.17, 15) is 0 Å². The third-order valence-electron chi connectivity index (χ3n) is 2.63. The van der Waals surface area contributed by atoms with E-state index in [2.05, 4.69) is 5.73 Å². The first-order chi connectivity index (χ1) is 6.91. The van der Waals surface area contributed by atoms with Gasteiger partial charge in [-0.25, -0.2) is 0 Å². The summed E-state index contributed by atoms with van der Waals surface area (Å²) in [6, 6.07) is 0. The van der Waals surface area contributed by atoms with E-state index in [1.165, 1.54) is 64.2 Å². The summed E-state index contributed by atoms with van der Waals surface area (Å²) in [5, 5.41) is 0. The average Bonchev–Trinajstić information content (AvgIpc) is 2.21. The van der Waals surface area contributed by atoms with Gasteiger partial charge in [-0.05, 0) is 19.3 Å². The van der Waals surface area contributed by atoms with E-state index in [1.807, 2.05) is 0 Å². The number of alkyl halides is 1. The maximum absolute atomic E-state index is 5.61. The fourth-order valence-electron chi connectivity index (χ4n) is 1.69. The second-order valence-corrected chi connectivity index (χ2v) is 4.46. The van der Waals surface area contributed by atoms with Gasteiger partial charge in [0.25, 0.3) is 0 Å². The molecule has 0 saturated heterocycles. The highest BCUT2D eigenvalue weighted by atomic mass is 35.5. The Hall–Kier alpha value is 1.12. The highest BCUT2D eigenvalue weighted by Gasteiger charge is 1.92. The summed E-state index contributed by atoms with van der Waals surface area (Å²) in [5.74, 6) is 0.838. The number of unbranched alkanes of at least 4 members (excludes halogenated alkanes) is 9. The summed E-state index contributed by atoms with van der Waals surface area (Å²) in [7, 11) is 0. The standard InChI is InChI=1S/C12H26ClN.3ClH/c13-11-9-7-5-3-1-2-4-6-8-10-12-14;;;/h1-12,14H2;3*1H/p-2. The van der Waals surface area contributed by atoms with Gasteiger partial charge in [-0.15, -0.1) is 11.6 Å². The number of hydrogen-bond acceptors (Lipinski definition) is 0. The van der Waals surface area contributed by atoms with E-state index < -0.39 is 0 Å². The van der Waals surface area contributed by atoms with Gasteiger partial charge in [0.1, 0.15) is 0 Å². The number of rotatable bonds is 11. The molecule has 0 atom stereocenters. The van der Waals surface area contributed by atoms with Crippen LogP contribution in [0.2, 0.25) is 0 Å². The van der Waals surface area contributed by atoms with Crippen molar-refractivity contribution in [2.75, 3.05) is 12.4 Å². The molecule has 3 N–H and O–H groups in total. The SMILES string of the molecule is [Cl-].[Cl-].[Cl-].[NH3+]CCCCCCCCCCCCCl. The Morgan fingerprint density at radius 3 is 1.12 bits per heavy atom. The largest absolute Gasteiger partial charge is 1.00 e. The van der Waals surface area contributed by atoms with Crippen LogP contribution in [0.3, 0.4) is 0 Å². The van der Waals surface area contributed by atoms with E-state index in [4.69, 9.17) is 11.6 Å². The molecule has 0 saturated carbocycles. The zero-order valence-electron chi connectivity index (χ0n) is 10.7. The van der Waals surface area contributed by atoms with E-state index >= 15 is 0 Å². The van der Waals surface area contributed by atoms with Gasteiger partial charge in [0.2, 0.25) is 0 Å². The molecule has 0 bridgehead atoms. The van der Waals surface area contributed by atoms with Crippen molar-refractivity contribution in [3.63, 3.8) is 0 Å². The van der Waals surface area contributed by atoms with Crippen LogP contribution in [0.5, 0.6) is 0 Å². The predicted octanol–water partition coefficient (Wildman–Crippen LogP) is -5.62. The minimum absolute atomic E-state index is 0. The zero-order valence-corrected chi connectivity index (χ0v) is 13.7. The zero-order chi connectivity index (χ0) is 10.5. The molecular formula is C12H27Cl4N-2. The Balaban J connectivity index is -0.000000282.